The van der Waals surface area contributed by atoms with Gasteiger partial charge in [-0.15, -0.1) is 0 Å². The number of piperazine rings is 1. The third-order valence-electron chi connectivity index (χ3n) is 6.92. The molecule has 0 bridgehead atoms. The maximum Gasteiger partial charge on any atom is 0.433 e. The number of anilines is 1. The van der Waals surface area contributed by atoms with Gasteiger partial charge in [-0.3, -0.25) is 9.59 Å². The highest BCUT2D eigenvalue weighted by Gasteiger charge is 2.47. The van der Waals surface area contributed by atoms with Crippen molar-refractivity contribution in [3.05, 3.63) is 23.4 Å². The van der Waals surface area contributed by atoms with Crippen molar-refractivity contribution in [3.8, 4) is 12.1 Å². The molecule has 3 aliphatic rings. The summed E-state index contributed by atoms with van der Waals surface area (Å²) in [6.07, 6.45) is -0.528. The average Bonchev–Trinajstić information content (AvgIpc) is 3.62. The van der Waals surface area contributed by atoms with Gasteiger partial charge in [0.2, 0.25) is 11.8 Å². The Morgan fingerprint density at radius 3 is 2.26 bits per heavy atom. The predicted octanol–water partition coefficient (Wildman–Crippen LogP) is 2.60. The van der Waals surface area contributed by atoms with Gasteiger partial charge >= 0.3 is 6.18 Å². The Morgan fingerprint density at radius 1 is 1.06 bits per heavy atom. The first-order chi connectivity index (χ1) is 16.2. The van der Waals surface area contributed by atoms with Crippen LogP contribution in [0.15, 0.2) is 12.1 Å². The largest absolute Gasteiger partial charge is 0.433 e. The molecule has 2 amide bonds. The van der Waals surface area contributed by atoms with Crippen LogP contribution in [0.1, 0.15) is 49.8 Å². The number of nitrogens with one attached hydrogen (secondary N) is 1. The molecule has 0 unspecified atom stereocenters. The molecule has 1 aromatic heterocycles. The Balaban J connectivity index is 1.43. The number of nitrogens with zero attached hydrogens (tertiary/aromatic N) is 5. The molecule has 1 saturated heterocycles. The van der Waals surface area contributed by atoms with Gasteiger partial charge in [0.15, 0.2) is 0 Å². The Hall–Kier alpha value is -3.34. The van der Waals surface area contributed by atoms with Crippen molar-refractivity contribution in [3.63, 3.8) is 0 Å². The van der Waals surface area contributed by atoms with Crippen molar-refractivity contribution in [2.24, 2.45) is 11.8 Å². The molecule has 2 aliphatic carbocycles. The standard InChI is InChI=1S/C23H25F3N6O2/c24-23(25,26)18-6-5-15(13-27)19(29-18)31-9-11-32(12-10-31)21(34)17-4-2-1-3-16(17)20(33)30-22(14-28)7-8-22/h5-6,16-17H,1-4,7-12H2,(H,30,33)/t16-,17-/m1/s1. The number of alkyl halides is 3. The summed E-state index contributed by atoms with van der Waals surface area (Å²) in [5.41, 5.74) is -1.81. The van der Waals surface area contributed by atoms with Crippen LogP contribution >= 0.6 is 0 Å². The van der Waals surface area contributed by atoms with E-state index in [0.717, 1.165) is 25.0 Å². The molecular formula is C23H25F3N6O2. The molecular weight excluding hydrogens is 449 g/mol. The number of pyridine rings is 1. The first kappa shape index (κ1) is 23.8. The smallest absolute Gasteiger partial charge is 0.352 e. The Kier molecular flexibility index (Phi) is 6.39. The predicted molar refractivity (Wildman–Crippen MR) is 114 cm³/mol. The number of nitriles is 2. The maximum absolute atomic E-state index is 13.3. The fourth-order valence-corrected chi connectivity index (χ4v) is 4.77. The SMILES string of the molecule is N#Cc1ccc(C(F)(F)F)nc1N1CCN(C(=O)[C@@H]2CCCC[C@H]2C(=O)NC2(C#N)CC2)CC1. The van der Waals surface area contributed by atoms with Crippen LogP contribution in [0, 0.1) is 34.5 Å². The van der Waals surface area contributed by atoms with E-state index in [2.05, 4.69) is 16.4 Å². The molecule has 0 aromatic carbocycles. The lowest BCUT2D eigenvalue weighted by molar-refractivity contribution is -0.144. The van der Waals surface area contributed by atoms with Crippen molar-refractivity contribution in [1.82, 2.24) is 15.2 Å². The number of amides is 2. The number of aromatic nitrogens is 1. The fourth-order valence-electron chi connectivity index (χ4n) is 4.77. The van der Waals surface area contributed by atoms with E-state index in [-0.39, 0.29) is 49.4 Å². The highest BCUT2D eigenvalue weighted by atomic mass is 19.4. The number of halogens is 3. The van der Waals surface area contributed by atoms with Crippen LogP contribution in [-0.2, 0) is 15.8 Å². The van der Waals surface area contributed by atoms with Crippen molar-refractivity contribution < 1.29 is 22.8 Å². The number of hydrogen-bond donors (Lipinski definition) is 1. The summed E-state index contributed by atoms with van der Waals surface area (Å²) in [5.74, 6) is -1.39. The highest BCUT2D eigenvalue weighted by Crippen LogP contribution is 2.38. The Bertz CT molecular complexity index is 1050. The molecule has 1 N–H and O–H groups in total. The lowest BCUT2D eigenvalue weighted by atomic mass is 9.77. The number of carbonyl (C=O) groups is 2. The quantitative estimate of drug-likeness (QED) is 0.718. The van der Waals surface area contributed by atoms with E-state index < -0.39 is 29.2 Å². The molecule has 11 heteroatoms. The molecule has 3 fully saturated rings. The molecule has 0 spiro atoms. The summed E-state index contributed by atoms with van der Waals surface area (Å²) in [5, 5.41) is 21.4. The molecule has 180 valence electrons. The molecule has 2 heterocycles. The molecule has 2 saturated carbocycles. The Morgan fingerprint density at radius 2 is 1.71 bits per heavy atom. The third kappa shape index (κ3) is 4.79. The molecule has 4 rings (SSSR count). The first-order valence-corrected chi connectivity index (χ1v) is 11.4. The third-order valence-corrected chi connectivity index (χ3v) is 6.92. The van der Waals surface area contributed by atoms with Crippen LogP contribution in [0.4, 0.5) is 19.0 Å². The second-order valence-electron chi connectivity index (χ2n) is 9.17. The van der Waals surface area contributed by atoms with Crippen LogP contribution in [0.2, 0.25) is 0 Å². The summed E-state index contributed by atoms with van der Waals surface area (Å²) in [4.78, 5) is 33.1. The molecule has 1 aromatic rings. The van der Waals surface area contributed by atoms with E-state index in [4.69, 9.17) is 0 Å². The minimum Gasteiger partial charge on any atom is -0.352 e. The van der Waals surface area contributed by atoms with Gasteiger partial charge in [0.1, 0.15) is 23.1 Å². The zero-order valence-corrected chi connectivity index (χ0v) is 18.6. The van der Waals surface area contributed by atoms with E-state index in [9.17, 15) is 33.3 Å². The lowest BCUT2D eigenvalue weighted by Crippen LogP contribution is -2.53. The topological polar surface area (TPSA) is 113 Å². The monoisotopic (exact) mass is 474 g/mol. The van der Waals surface area contributed by atoms with Gasteiger partial charge < -0.3 is 15.1 Å². The fraction of sp³-hybridized carbons (Fsp3) is 0.609. The second-order valence-corrected chi connectivity index (χ2v) is 9.17. The van der Waals surface area contributed by atoms with Gasteiger partial charge in [0.05, 0.1) is 11.6 Å². The van der Waals surface area contributed by atoms with Gasteiger partial charge in [-0.25, -0.2) is 4.98 Å². The van der Waals surface area contributed by atoms with E-state index in [1.54, 1.807) is 9.80 Å². The van der Waals surface area contributed by atoms with Crippen molar-refractivity contribution in [1.29, 1.82) is 10.5 Å². The number of carbonyl (C=O) groups excluding carboxylic acids is 2. The van der Waals surface area contributed by atoms with Crippen LogP contribution in [0.25, 0.3) is 0 Å². The Labute approximate surface area is 195 Å². The van der Waals surface area contributed by atoms with E-state index in [1.165, 1.54) is 0 Å². The van der Waals surface area contributed by atoms with Gasteiger partial charge in [0.25, 0.3) is 0 Å². The summed E-state index contributed by atoms with van der Waals surface area (Å²) < 4.78 is 39.3. The minimum absolute atomic E-state index is 0.0365. The number of rotatable bonds is 4. The summed E-state index contributed by atoms with van der Waals surface area (Å²) in [6, 6.07) is 5.92. The highest BCUT2D eigenvalue weighted by molar-refractivity contribution is 5.89. The van der Waals surface area contributed by atoms with Gasteiger partial charge in [-0.05, 0) is 37.8 Å². The second kappa shape index (κ2) is 9.13. The molecule has 2 atom stereocenters. The molecule has 8 nitrogen and oxygen atoms in total. The van der Waals surface area contributed by atoms with Crippen LogP contribution in [0.3, 0.4) is 0 Å². The van der Waals surface area contributed by atoms with Crippen molar-refractivity contribution in [2.45, 2.75) is 50.2 Å². The maximum atomic E-state index is 13.3. The van der Waals surface area contributed by atoms with Gasteiger partial charge in [0, 0.05) is 38.0 Å². The molecule has 34 heavy (non-hydrogen) atoms. The van der Waals surface area contributed by atoms with Gasteiger partial charge in [-0.1, -0.05) is 12.8 Å². The molecule has 0 radical (unpaired) electrons. The number of hydrogen-bond acceptors (Lipinski definition) is 6. The van der Waals surface area contributed by atoms with Crippen LogP contribution in [-0.4, -0.2) is 53.4 Å². The van der Waals surface area contributed by atoms with Gasteiger partial charge in [-0.2, -0.15) is 23.7 Å². The summed E-state index contributed by atoms with van der Waals surface area (Å²) in [6.45, 7) is 0.981. The van der Waals surface area contributed by atoms with E-state index >= 15 is 0 Å². The zero-order chi connectivity index (χ0) is 24.5. The van der Waals surface area contributed by atoms with E-state index in [0.29, 0.717) is 25.7 Å². The molecule has 1 aliphatic heterocycles. The van der Waals surface area contributed by atoms with Crippen molar-refractivity contribution >= 4 is 17.6 Å². The van der Waals surface area contributed by atoms with Crippen LogP contribution < -0.4 is 10.2 Å². The minimum atomic E-state index is -4.62. The summed E-state index contributed by atoms with van der Waals surface area (Å²) in [7, 11) is 0. The summed E-state index contributed by atoms with van der Waals surface area (Å²) >= 11 is 0. The normalized spacial score (nSPS) is 24.0. The van der Waals surface area contributed by atoms with E-state index in [1.807, 2.05) is 6.07 Å². The average molecular weight is 474 g/mol. The first-order valence-electron chi connectivity index (χ1n) is 11.4. The van der Waals surface area contributed by atoms with Crippen molar-refractivity contribution in [2.75, 3.05) is 31.1 Å². The van der Waals surface area contributed by atoms with Crippen LogP contribution in [0.5, 0.6) is 0 Å². The lowest BCUT2D eigenvalue weighted by Gasteiger charge is -2.39. The zero-order valence-electron chi connectivity index (χ0n) is 18.6.